The van der Waals surface area contributed by atoms with Crippen LogP contribution in [0.1, 0.15) is 18.1 Å². The van der Waals surface area contributed by atoms with Gasteiger partial charge in [0.2, 0.25) is 0 Å². The standard InChI is InChI=1S/C11H12F3NO/c1-3-8-6-4-5-7(2)9(8)15-10(16)11(12,13)14/h4-6H,3H2,1-2H3,(H,15,16). The van der Waals surface area contributed by atoms with Crippen LogP contribution in [0.5, 0.6) is 0 Å². The highest BCUT2D eigenvalue weighted by molar-refractivity contribution is 5.96. The second-order valence-electron chi connectivity index (χ2n) is 3.41. The topological polar surface area (TPSA) is 29.1 Å². The number of carbonyl (C=O) groups is 1. The number of hydrogen-bond acceptors (Lipinski definition) is 1. The van der Waals surface area contributed by atoms with E-state index >= 15 is 0 Å². The molecule has 0 spiro atoms. The number of rotatable bonds is 2. The predicted octanol–water partition coefficient (Wildman–Crippen LogP) is 3.06. The molecule has 0 bridgehead atoms. The molecule has 0 unspecified atom stereocenters. The Morgan fingerprint density at radius 2 is 2.00 bits per heavy atom. The molecule has 0 aliphatic rings. The lowest BCUT2D eigenvalue weighted by atomic mass is 10.1. The molecule has 1 N–H and O–H groups in total. The largest absolute Gasteiger partial charge is 0.471 e. The molecule has 5 heteroatoms. The number of halogens is 3. The van der Waals surface area contributed by atoms with E-state index in [1.165, 1.54) is 0 Å². The zero-order valence-electron chi connectivity index (χ0n) is 8.98. The van der Waals surface area contributed by atoms with E-state index in [2.05, 4.69) is 0 Å². The smallest absolute Gasteiger partial charge is 0.318 e. The number of hydrogen-bond donors (Lipinski definition) is 1. The van der Waals surface area contributed by atoms with Gasteiger partial charge >= 0.3 is 12.1 Å². The van der Waals surface area contributed by atoms with E-state index in [0.717, 1.165) is 0 Å². The first kappa shape index (κ1) is 12.5. The van der Waals surface area contributed by atoms with Crippen LogP contribution in [-0.2, 0) is 11.2 Å². The van der Waals surface area contributed by atoms with Crippen molar-refractivity contribution >= 4 is 11.6 Å². The molecule has 2 nitrogen and oxygen atoms in total. The average molecular weight is 231 g/mol. The van der Waals surface area contributed by atoms with Gasteiger partial charge in [0.25, 0.3) is 0 Å². The van der Waals surface area contributed by atoms with Crippen molar-refractivity contribution in [3.63, 3.8) is 0 Å². The number of para-hydroxylation sites is 1. The summed E-state index contributed by atoms with van der Waals surface area (Å²) in [6, 6.07) is 5.10. The fourth-order valence-electron chi connectivity index (χ4n) is 1.39. The van der Waals surface area contributed by atoms with Gasteiger partial charge in [-0.1, -0.05) is 25.1 Å². The summed E-state index contributed by atoms with van der Waals surface area (Å²) in [6.07, 6.45) is -4.29. The average Bonchev–Trinajstić information content (AvgIpc) is 2.19. The van der Waals surface area contributed by atoms with Crippen molar-refractivity contribution in [3.8, 4) is 0 Å². The van der Waals surface area contributed by atoms with Gasteiger partial charge in [-0.3, -0.25) is 4.79 Å². The SMILES string of the molecule is CCc1cccc(C)c1NC(=O)C(F)(F)F. The maximum atomic E-state index is 12.1. The third-order valence-corrected chi connectivity index (χ3v) is 2.24. The second kappa shape index (κ2) is 4.55. The molecule has 0 saturated heterocycles. The minimum atomic E-state index is -4.85. The van der Waals surface area contributed by atoms with E-state index in [1.807, 2.05) is 12.2 Å². The Hall–Kier alpha value is -1.52. The Kier molecular flexibility index (Phi) is 3.57. The molecule has 1 aromatic rings. The lowest BCUT2D eigenvalue weighted by Gasteiger charge is -2.13. The second-order valence-corrected chi connectivity index (χ2v) is 3.41. The molecule has 0 aromatic heterocycles. The molecule has 0 fully saturated rings. The van der Waals surface area contributed by atoms with Crippen LogP contribution in [0.15, 0.2) is 18.2 Å². The van der Waals surface area contributed by atoms with Gasteiger partial charge in [0, 0.05) is 5.69 Å². The van der Waals surface area contributed by atoms with Gasteiger partial charge in [-0.2, -0.15) is 13.2 Å². The van der Waals surface area contributed by atoms with Crippen molar-refractivity contribution in [1.29, 1.82) is 0 Å². The van der Waals surface area contributed by atoms with Crippen LogP contribution in [0.2, 0.25) is 0 Å². The summed E-state index contributed by atoms with van der Waals surface area (Å²) in [5, 5.41) is 1.91. The van der Waals surface area contributed by atoms with Gasteiger partial charge in [-0.05, 0) is 24.5 Å². The molecule has 0 aliphatic carbocycles. The maximum Gasteiger partial charge on any atom is 0.471 e. The third-order valence-electron chi connectivity index (χ3n) is 2.24. The van der Waals surface area contributed by atoms with E-state index < -0.39 is 12.1 Å². The van der Waals surface area contributed by atoms with Crippen LogP contribution in [0.4, 0.5) is 18.9 Å². The zero-order valence-corrected chi connectivity index (χ0v) is 8.98. The Morgan fingerprint density at radius 3 is 2.50 bits per heavy atom. The van der Waals surface area contributed by atoms with E-state index in [4.69, 9.17) is 0 Å². The van der Waals surface area contributed by atoms with E-state index in [9.17, 15) is 18.0 Å². The lowest BCUT2D eigenvalue weighted by Crippen LogP contribution is -2.30. The summed E-state index contributed by atoms with van der Waals surface area (Å²) >= 11 is 0. The van der Waals surface area contributed by atoms with Crippen LogP contribution in [0, 0.1) is 6.92 Å². The molecular formula is C11H12F3NO. The molecule has 0 saturated carbocycles. The Balaban J connectivity index is 3.01. The molecule has 0 atom stereocenters. The van der Waals surface area contributed by atoms with Crippen LogP contribution >= 0.6 is 0 Å². The highest BCUT2D eigenvalue weighted by Crippen LogP contribution is 2.24. The van der Waals surface area contributed by atoms with E-state index in [-0.39, 0.29) is 5.69 Å². The summed E-state index contributed by atoms with van der Waals surface area (Å²) < 4.78 is 36.3. The van der Waals surface area contributed by atoms with E-state index in [1.54, 1.807) is 25.1 Å². The molecule has 1 aromatic carbocycles. The molecule has 1 amide bonds. The number of nitrogens with one attached hydrogen (secondary N) is 1. The molecule has 1 rings (SSSR count). The van der Waals surface area contributed by atoms with Crippen LogP contribution in [0.3, 0.4) is 0 Å². The number of anilines is 1. The number of aryl methyl sites for hydroxylation is 2. The van der Waals surface area contributed by atoms with Crippen molar-refractivity contribution in [2.75, 3.05) is 5.32 Å². The van der Waals surface area contributed by atoms with Crippen molar-refractivity contribution in [3.05, 3.63) is 29.3 Å². The van der Waals surface area contributed by atoms with Crippen LogP contribution in [-0.4, -0.2) is 12.1 Å². The van der Waals surface area contributed by atoms with E-state index in [0.29, 0.717) is 17.5 Å². The fourth-order valence-corrected chi connectivity index (χ4v) is 1.39. The van der Waals surface area contributed by atoms with Crippen molar-refractivity contribution in [2.24, 2.45) is 0 Å². The Bertz CT molecular complexity index is 399. The summed E-state index contributed by atoms with van der Waals surface area (Å²) in [6.45, 7) is 3.48. The molecule has 0 heterocycles. The minimum absolute atomic E-state index is 0.257. The lowest BCUT2D eigenvalue weighted by molar-refractivity contribution is -0.167. The van der Waals surface area contributed by atoms with Crippen LogP contribution < -0.4 is 5.32 Å². The fraction of sp³-hybridized carbons (Fsp3) is 0.364. The summed E-state index contributed by atoms with van der Waals surface area (Å²) in [7, 11) is 0. The first-order valence-electron chi connectivity index (χ1n) is 4.83. The molecule has 0 radical (unpaired) electrons. The van der Waals surface area contributed by atoms with Gasteiger partial charge < -0.3 is 5.32 Å². The number of amides is 1. The summed E-state index contributed by atoms with van der Waals surface area (Å²) in [4.78, 5) is 10.8. The first-order chi connectivity index (χ1) is 7.36. The Labute approximate surface area is 91.5 Å². The highest BCUT2D eigenvalue weighted by Gasteiger charge is 2.39. The van der Waals surface area contributed by atoms with Crippen molar-refractivity contribution in [2.45, 2.75) is 26.4 Å². The van der Waals surface area contributed by atoms with Gasteiger partial charge in [0.1, 0.15) is 0 Å². The van der Waals surface area contributed by atoms with Gasteiger partial charge in [-0.25, -0.2) is 0 Å². The van der Waals surface area contributed by atoms with Gasteiger partial charge in [0.15, 0.2) is 0 Å². The number of alkyl halides is 3. The van der Waals surface area contributed by atoms with Crippen molar-refractivity contribution < 1.29 is 18.0 Å². The summed E-state index contributed by atoms with van der Waals surface area (Å²) in [5.74, 6) is -1.93. The molecule has 0 aliphatic heterocycles. The monoisotopic (exact) mass is 231 g/mol. The maximum absolute atomic E-state index is 12.1. The predicted molar refractivity (Wildman–Crippen MR) is 55.2 cm³/mol. The first-order valence-corrected chi connectivity index (χ1v) is 4.83. The third kappa shape index (κ3) is 2.74. The normalized spacial score (nSPS) is 11.3. The molecular weight excluding hydrogens is 219 g/mol. The quantitative estimate of drug-likeness (QED) is 0.832. The highest BCUT2D eigenvalue weighted by atomic mass is 19.4. The molecule has 16 heavy (non-hydrogen) atoms. The summed E-state index contributed by atoms with van der Waals surface area (Å²) in [5.41, 5.74) is 1.57. The van der Waals surface area contributed by atoms with Crippen molar-refractivity contribution in [1.82, 2.24) is 0 Å². The molecule has 88 valence electrons. The number of benzene rings is 1. The minimum Gasteiger partial charge on any atom is -0.318 e. The van der Waals surface area contributed by atoms with Crippen LogP contribution in [0.25, 0.3) is 0 Å². The van der Waals surface area contributed by atoms with Gasteiger partial charge in [-0.15, -0.1) is 0 Å². The zero-order chi connectivity index (χ0) is 12.3. The number of carbonyl (C=O) groups excluding carboxylic acids is 1. The Morgan fingerprint density at radius 1 is 1.38 bits per heavy atom. The van der Waals surface area contributed by atoms with Gasteiger partial charge in [0.05, 0.1) is 0 Å².